The lowest BCUT2D eigenvalue weighted by molar-refractivity contribution is 0.112. The minimum atomic E-state index is -2.17. The predicted molar refractivity (Wildman–Crippen MR) is 136 cm³/mol. The molecule has 0 spiro atoms. The molecule has 1 aromatic carbocycles. The van der Waals surface area contributed by atoms with Crippen molar-refractivity contribution in [2.45, 2.75) is 90.3 Å². The molecule has 1 unspecified atom stereocenters. The van der Waals surface area contributed by atoms with Crippen molar-refractivity contribution in [3.8, 4) is 0 Å². The molecule has 0 radical (unpaired) electrons. The van der Waals surface area contributed by atoms with Gasteiger partial charge in [0.05, 0.1) is 11.7 Å². The van der Waals surface area contributed by atoms with Crippen LogP contribution in [0.3, 0.4) is 0 Å². The topological polar surface area (TPSA) is 48.4 Å². The third kappa shape index (κ3) is 5.73. The van der Waals surface area contributed by atoms with E-state index in [1.165, 1.54) is 6.07 Å². The molecule has 178 valence electrons. The first-order valence-electron chi connectivity index (χ1n) is 11.3. The summed E-state index contributed by atoms with van der Waals surface area (Å²) in [6.45, 7) is 22.6. The molecule has 1 atom stereocenters. The highest BCUT2D eigenvalue weighted by Gasteiger charge is 2.41. The zero-order chi connectivity index (χ0) is 24.5. The summed E-state index contributed by atoms with van der Waals surface area (Å²) in [6.07, 6.45) is 4.13. The molecular formula is C25H40FNO3Si2. The number of aromatic nitrogens is 1. The molecule has 0 bridgehead atoms. The van der Waals surface area contributed by atoms with Crippen LogP contribution in [0, 0.1) is 5.82 Å². The summed E-state index contributed by atoms with van der Waals surface area (Å²) >= 11 is 0. The number of benzene rings is 1. The number of pyridine rings is 1. The van der Waals surface area contributed by atoms with E-state index in [2.05, 4.69) is 72.7 Å². The lowest BCUT2D eigenvalue weighted by Crippen LogP contribution is -2.43. The van der Waals surface area contributed by atoms with Gasteiger partial charge in [0, 0.05) is 24.4 Å². The van der Waals surface area contributed by atoms with Crippen LogP contribution in [0.25, 0.3) is 10.8 Å². The van der Waals surface area contributed by atoms with Crippen molar-refractivity contribution in [2.24, 2.45) is 0 Å². The van der Waals surface area contributed by atoms with E-state index in [0.717, 1.165) is 10.9 Å². The summed E-state index contributed by atoms with van der Waals surface area (Å²) in [5, 5.41) is 1.43. The molecule has 0 aliphatic carbocycles. The minimum absolute atomic E-state index is 0.000866. The quantitative estimate of drug-likeness (QED) is 0.289. The van der Waals surface area contributed by atoms with Gasteiger partial charge in [-0.2, -0.15) is 0 Å². The van der Waals surface area contributed by atoms with Gasteiger partial charge in [0.2, 0.25) is 0 Å². The van der Waals surface area contributed by atoms with Gasteiger partial charge in [-0.1, -0.05) is 41.5 Å². The van der Waals surface area contributed by atoms with Crippen LogP contribution < -0.4 is 0 Å². The number of halogens is 1. The second-order valence-electron chi connectivity index (χ2n) is 11.7. The average molecular weight is 478 g/mol. The first-order chi connectivity index (χ1) is 14.5. The van der Waals surface area contributed by atoms with Crippen LogP contribution in [-0.2, 0) is 8.85 Å². The second-order valence-corrected chi connectivity index (χ2v) is 21.2. The van der Waals surface area contributed by atoms with Gasteiger partial charge in [-0.15, -0.1) is 0 Å². The zero-order valence-electron chi connectivity index (χ0n) is 21.4. The molecule has 0 amide bonds. The van der Waals surface area contributed by atoms with Gasteiger partial charge < -0.3 is 8.85 Å². The Labute approximate surface area is 195 Å². The lowest BCUT2D eigenvalue weighted by atomic mass is 9.96. The van der Waals surface area contributed by atoms with Crippen LogP contribution in [0.2, 0.25) is 36.3 Å². The van der Waals surface area contributed by atoms with Gasteiger partial charge in [0.25, 0.3) is 0 Å². The fraction of sp³-hybridized carbons (Fsp3) is 0.600. The van der Waals surface area contributed by atoms with Gasteiger partial charge in [-0.25, -0.2) is 4.39 Å². The van der Waals surface area contributed by atoms with E-state index < -0.39 is 22.5 Å². The molecule has 0 saturated heterocycles. The maximum Gasteiger partial charge on any atom is 0.192 e. The van der Waals surface area contributed by atoms with E-state index in [-0.39, 0.29) is 21.7 Å². The molecule has 0 saturated carbocycles. The van der Waals surface area contributed by atoms with Crippen molar-refractivity contribution in [3.63, 3.8) is 0 Å². The summed E-state index contributed by atoms with van der Waals surface area (Å²) in [6, 6.07) is 3.15. The average Bonchev–Trinajstić information content (AvgIpc) is 2.64. The highest BCUT2D eigenvalue weighted by molar-refractivity contribution is 6.74. The summed E-state index contributed by atoms with van der Waals surface area (Å²) in [7, 11) is -4.09. The molecular weight excluding hydrogens is 437 g/mol. The van der Waals surface area contributed by atoms with Crippen LogP contribution in [0.15, 0.2) is 24.5 Å². The van der Waals surface area contributed by atoms with Crippen molar-refractivity contribution in [1.82, 2.24) is 4.98 Å². The molecule has 2 aromatic rings. The smallest absolute Gasteiger partial charge is 0.192 e. The highest BCUT2D eigenvalue weighted by atomic mass is 28.4. The molecule has 7 heteroatoms. The largest absolute Gasteiger partial charge is 0.417 e. The van der Waals surface area contributed by atoms with E-state index in [1.807, 2.05) is 0 Å². The lowest BCUT2D eigenvalue weighted by Gasteiger charge is -2.40. The van der Waals surface area contributed by atoms with Crippen LogP contribution in [0.5, 0.6) is 0 Å². The van der Waals surface area contributed by atoms with E-state index in [1.54, 1.807) is 18.5 Å². The number of rotatable bonds is 8. The molecule has 0 aliphatic heterocycles. The third-order valence-electron chi connectivity index (χ3n) is 7.32. The van der Waals surface area contributed by atoms with E-state index >= 15 is 0 Å². The van der Waals surface area contributed by atoms with Gasteiger partial charge in [-0.3, -0.25) is 9.78 Å². The van der Waals surface area contributed by atoms with Crippen molar-refractivity contribution in [3.05, 3.63) is 41.5 Å². The number of carbonyl (C=O) groups excluding carboxylic acids is 1. The van der Waals surface area contributed by atoms with Crippen molar-refractivity contribution < 1.29 is 18.0 Å². The van der Waals surface area contributed by atoms with Gasteiger partial charge in [0.15, 0.2) is 22.9 Å². The van der Waals surface area contributed by atoms with Crippen molar-refractivity contribution in [1.29, 1.82) is 0 Å². The molecule has 2 rings (SSSR count). The van der Waals surface area contributed by atoms with E-state index in [4.69, 9.17) is 8.85 Å². The Morgan fingerprint density at radius 3 is 2.16 bits per heavy atom. The van der Waals surface area contributed by atoms with Crippen LogP contribution in [0.4, 0.5) is 4.39 Å². The minimum Gasteiger partial charge on any atom is -0.417 e. The maximum atomic E-state index is 15.0. The van der Waals surface area contributed by atoms with Gasteiger partial charge in [0.1, 0.15) is 5.82 Å². The molecule has 0 aliphatic rings. The predicted octanol–water partition coefficient (Wildman–Crippen LogP) is 7.66. The molecule has 0 fully saturated rings. The van der Waals surface area contributed by atoms with E-state index in [9.17, 15) is 9.18 Å². The molecule has 0 N–H and O–H groups in total. The Morgan fingerprint density at radius 1 is 1.03 bits per heavy atom. The van der Waals surface area contributed by atoms with Crippen molar-refractivity contribution in [2.75, 3.05) is 6.61 Å². The Balaban J connectivity index is 2.51. The number of hydrogen-bond acceptors (Lipinski definition) is 4. The summed E-state index contributed by atoms with van der Waals surface area (Å²) in [4.78, 5) is 15.8. The van der Waals surface area contributed by atoms with Crippen LogP contribution in [0.1, 0.15) is 70.0 Å². The molecule has 1 aromatic heterocycles. The van der Waals surface area contributed by atoms with Crippen LogP contribution >= 0.6 is 0 Å². The summed E-state index contributed by atoms with van der Waals surface area (Å²) in [5.41, 5.74) is 0.801. The fourth-order valence-corrected chi connectivity index (χ4v) is 5.49. The first kappa shape index (κ1) is 26.8. The summed E-state index contributed by atoms with van der Waals surface area (Å²) < 4.78 is 28.2. The maximum absolute atomic E-state index is 15.0. The summed E-state index contributed by atoms with van der Waals surface area (Å²) in [5.74, 6) is -0.525. The first-order valence-corrected chi connectivity index (χ1v) is 17.2. The number of carbonyl (C=O) groups is 1. The number of nitrogens with zero attached hydrogens (tertiary/aromatic N) is 1. The normalized spacial score (nSPS) is 14.6. The highest BCUT2D eigenvalue weighted by Crippen LogP contribution is 2.43. The Kier molecular flexibility index (Phi) is 7.92. The second kappa shape index (κ2) is 9.45. The number of aldehydes is 1. The molecule has 4 nitrogen and oxygen atoms in total. The SMILES string of the molecule is CC(C)(C)[Si](C)(C)OCCC(O[Si](C)(C)C(C)(C)C)c1cc(F)c(C=O)c2ccncc12. The molecule has 1 heterocycles. The Morgan fingerprint density at radius 2 is 1.62 bits per heavy atom. The Hall–Kier alpha value is -1.42. The number of hydrogen-bond donors (Lipinski definition) is 0. The zero-order valence-corrected chi connectivity index (χ0v) is 23.4. The number of fused-ring (bicyclic) bond motifs is 1. The fourth-order valence-electron chi connectivity index (χ4n) is 3.11. The standard InChI is InChI=1S/C25H40FNO3Si2/c1-24(2,3)31(7,8)29-14-12-23(30-32(9,10)25(4,5)6)19-15-22(26)21(17-28)18-11-13-27-16-20(18)19/h11,13,15-17,23H,12,14H2,1-10H3. The van der Waals surface area contributed by atoms with Crippen molar-refractivity contribution >= 4 is 33.7 Å². The van der Waals surface area contributed by atoms with Crippen LogP contribution in [-0.4, -0.2) is 34.5 Å². The molecule has 32 heavy (non-hydrogen) atoms. The monoisotopic (exact) mass is 477 g/mol. The third-order valence-corrected chi connectivity index (χ3v) is 16.3. The van der Waals surface area contributed by atoms with E-state index in [0.29, 0.717) is 24.7 Å². The van der Waals surface area contributed by atoms with Gasteiger partial charge in [-0.05, 0) is 65.8 Å². The van der Waals surface area contributed by atoms with Gasteiger partial charge >= 0.3 is 0 Å². The Bertz CT molecular complexity index is 962.